The molecule has 1 amide bonds. The van der Waals surface area contributed by atoms with Crippen LogP contribution in [0.15, 0.2) is 18.2 Å². The van der Waals surface area contributed by atoms with E-state index in [9.17, 15) is 22.0 Å². The van der Waals surface area contributed by atoms with Gasteiger partial charge >= 0.3 is 0 Å². The zero-order chi connectivity index (χ0) is 16.5. The second-order valence-corrected chi connectivity index (χ2v) is 6.81. The maximum atomic E-state index is 13.4. The lowest BCUT2D eigenvalue weighted by molar-refractivity contribution is 0.102. The molecular weight excluding hydrogens is 342 g/mol. The highest BCUT2D eigenvalue weighted by Gasteiger charge is 2.20. The molecule has 0 aliphatic heterocycles. The van der Waals surface area contributed by atoms with Crippen LogP contribution in [0.2, 0.25) is 5.15 Å². The minimum atomic E-state index is -3.43. The van der Waals surface area contributed by atoms with E-state index in [2.05, 4.69) is 15.5 Å². The quantitative estimate of drug-likeness (QED) is 0.901. The Hall–Kier alpha value is -2.07. The molecule has 0 atom stereocenters. The molecule has 0 saturated heterocycles. The largest absolute Gasteiger partial charge is 0.318 e. The molecule has 0 aliphatic rings. The van der Waals surface area contributed by atoms with Crippen LogP contribution in [0, 0.1) is 11.6 Å². The number of carbonyl (C=O) groups is 1. The first kappa shape index (κ1) is 16.3. The molecule has 7 nitrogen and oxygen atoms in total. The van der Waals surface area contributed by atoms with Crippen molar-refractivity contribution in [3.8, 4) is 0 Å². The van der Waals surface area contributed by atoms with Gasteiger partial charge < -0.3 is 5.32 Å². The number of aromatic nitrogens is 3. The summed E-state index contributed by atoms with van der Waals surface area (Å²) in [5, 5.41) is 8.99. The molecule has 0 fully saturated rings. The van der Waals surface area contributed by atoms with Crippen molar-refractivity contribution in [3.05, 3.63) is 40.7 Å². The average molecular weight is 351 g/mol. The summed E-state index contributed by atoms with van der Waals surface area (Å²) in [7, 11) is -3.43. The van der Waals surface area contributed by atoms with Crippen molar-refractivity contribution in [2.24, 2.45) is 0 Å². The van der Waals surface area contributed by atoms with Gasteiger partial charge in [0.15, 0.2) is 26.6 Å². The van der Waals surface area contributed by atoms with Crippen molar-refractivity contribution >= 4 is 33.0 Å². The molecule has 0 unspecified atom stereocenters. The number of carbonyl (C=O) groups excluding carboxylic acids is 1. The van der Waals surface area contributed by atoms with E-state index in [1.807, 2.05) is 0 Å². The van der Waals surface area contributed by atoms with Crippen LogP contribution < -0.4 is 5.32 Å². The van der Waals surface area contributed by atoms with E-state index in [1.54, 1.807) is 0 Å². The van der Waals surface area contributed by atoms with Crippen molar-refractivity contribution < 1.29 is 22.0 Å². The Labute approximate surface area is 128 Å². The van der Waals surface area contributed by atoms with Crippen molar-refractivity contribution in [2.45, 2.75) is 5.88 Å². The average Bonchev–Trinajstić information content (AvgIpc) is 2.71. The highest BCUT2D eigenvalue weighted by molar-refractivity contribution is 7.89. The summed E-state index contributed by atoms with van der Waals surface area (Å²) >= 11 is 5.70. The molecule has 2 rings (SSSR count). The van der Waals surface area contributed by atoms with E-state index in [-0.39, 0.29) is 16.5 Å². The molecular formula is C11H9ClF2N4O3S. The van der Waals surface area contributed by atoms with Crippen molar-refractivity contribution in [1.82, 2.24) is 15.0 Å². The maximum absolute atomic E-state index is 13.4. The highest BCUT2D eigenvalue weighted by atomic mass is 35.5. The summed E-state index contributed by atoms with van der Waals surface area (Å²) in [6.45, 7) is 0. The fraction of sp³-hybridized carbons (Fsp3) is 0.182. The first-order valence-corrected chi connectivity index (χ1v) is 8.14. The standard InChI is InChI=1S/C11H9ClF2N4O3S/c1-22(20,21)5-18-16-9(10(12)17-18)11(19)15-8-3-2-6(13)4-7(8)14/h2-4H,5H2,1H3,(H,15,19). The van der Waals surface area contributed by atoms with E-state index < -0.39 is 33.3 Å². The van der Waals surface area contributed by atoms with Crippen LogP contribution in [-0.2, 0) is 15.7 Å². The van der Waals surface area contributed by atoms with Gasteiger partial charge in [0.1, 0.15) is 11.6 Å². The molecule has 0 bridgehead atoms. The number of anilines is 1. The minimum absolute atomic E-state index is 0.278. The van der Waals surface area contributed by atoms with Gasteiger partial charge in [0, 0.05) is 12.3 Å². The number of nitrogens with zero attached hydrogens (tertiary/aromatic N) is 3. The van der Waals surface area contributed by atoms with E-state index >= 15 is 0 Å². The molecule has 1 N–H and O–H groups in total. The summed E-state index contributed by atoms with van der Waals surface area (Å²) in [5.41, 5.74) is -0.658. The number of rotatable bonds is 4. The maximum Gasteiger partial charge on any atom is 0.279 e. The van der Waals surface area contributed by atoms with Crippen LogP contribution in [0.3, 0.4) is 0 Å². The summed E-state index contributed by atoms with van der Waals surface area (Å²) in [6, 6.07) is 2.58. The van der Waals surface area contributed by atoms with E-state index in [0.29, 0.717) is 6.07 Å². The molecule has 1 aromatic carbocycles. The summed E-state index contributed by atoms with van der Waals surface area (Å²) < 4.78 is 48.5. The zero-order valence-corrected chi connectivity index (χ0v) is 12.6. The molecule has 0 saturated carbocycles. The van der Waals surface area contributed by atoms with Gasteiger partial charge in [-0.25, -0.2) is 17.2 Å². The number of hydrogen-bond donors (Lipinski definition) is 1. The minimum Gasteiger partial charge on any atom is -0.318 e. The lowest BCUT2D eigenvalue weighted by Gasteiger charge is -2.04. The van der Waals surface area contributed by atoms with E-state index in [0.717, 1.165) is 23.2 Å². The third kappa shape index (κ3) is 3.98. The highest BCUT2D eigenvalue weighted by Crippen LogP contribution is 2.17. The predicted molar refractivity (Wildman–Crippen MR) is 74.2 cm³/mol. The summed E-state index contributed by atoms with van der Waals surface area (Å²) in [5.74, 6) is -3.25. The monoisotopic (exact) mass is 350 g/mol. The smallest absolute Gasteiger partial charge is 0.279 e. The Bertz CT molecular complexity index is 838. The second-order valence-electron chi connectivity index (χ2n) is 4.34. The van der Waals surface area contributed by atoms with Crippen molar-refractivity contribution in [2.75, 3.05) is 11.6 Å². The van der Waals surface area contributed by atoms with Crippen molar-refractivity contribution in [3.63, 3.8) is 0 Å². The third-order valence-electron chi connectivity index (χ3n) is 2.36. The lowest BCUT2D eigenvalue weighted by atomic mass is 10.3. The zero-order valence-electron chi connectivity index (χ0n) is 11.0. The molecule has 1 aromatic heterocycles. The van der Waals surface area contributed by atoms with Gasteiger partial charge in [-0.05, 0) is 12.1 Å². The van der Waals surface area contributed by atoms with Gasteiger partial charge in [0.2, 0.25) is 0 Å². The number of amides is 1. The van der Waals surface area contributed by atoms with Crippen LogP contribution in [0.5, 0.6) is 0 Å². The Morgan fingerprint density at radius 1 is 1.36 bits per heavy atom. The number of sulfone groups is 1. The SMILES string of the molecule is CS(=O)(=O)Cn1nc(Cl)c(C(=O)Nc2ccc(F)cc2F)n1. The predicted octanol–water partition coefficient (Wildman–Crippen LogP) is 1.46. The van der Waals surface area contributed by atoms with E-state index in [4.69, 9.17) is 11.6 Å². The summed E-state index contributed by atoms with van der Waals surface area (Å²) in [4.78, 5) is 12.7. The fourth-order valence-electron chi connectivity index (χ4n) is 1.51. The number of nitrogens with one attached hydrogen (secondary N) is 1. The van der Waals surface area contributed by atoms with E-state index in [1.165, 1.54) is 0 Å². The fourth-order valence-corrected chi connectivity index (χ4v) is 2.25. The second kappa shape index (κ2) is 5.97. The van der Waals surface area contributed by atoms with Crippen molar-refractivity contribution in [1.29, 1.82) is 0 Å². The van der Waals surface area contributed by atoms with Gasteiger partial charge in [-0.2, -0.15) is 4.80 Å². The molecule has 0 aliphatic carbocycles. The summed E-state index contributed by atoms with van der Waals surface area (Å²) in [6.07, 6.45) is 0.956. The van der Waals surface area contributed by atoms with Crippen LogP contribution in [0.4, 0.5) is 14.5 Å². The Morgan fingerprint density at radius 2 is 2.05 bits per heavy atom. The number of halogens is 3. The normalized spacial score (nSPS) is 11.5. The number of benzene rings is 1. The first-order valence-electron chi connectivity index (χ1n) is 5.70. The van der Waals surface area contributed by atoms with Gasteiger partial charge in [0.05, 0.1) is 5.69 Å². The lowest BCUT2D eigenvalue weighted by Crippen LogP contribution is -2.16. The molecule has 1 heterocycles. The van der Waals surface area contributed by atoms with Crippen LogP contribution >= 0.6 is 11.6 Å². The third-order valence-corrected chi connectivity index (χ3v) is 3.31. The Morgan fingerprint density at radius 3 is 2.64 bits per heavy atom. The molecule has 0 spiro atoms. The van der Waals surface area contributed by atoms with Gasteiger partial charge in [-0.3, -0.25) is 4.79 Å². The molecule has 22 heavy (non-hydrogen) atoms. The Balaban J connectivity index is 2.23. The number of hydrogen-bond acceptors (Lipinski definition) is 5. The van der Waals surface area contributed by atoms with Gasteiger partial charge in [0.25, 0.3) is 5.91 Å². The molecule has 118 valence electrons. The molecule has 2 aromatic rings. The van der Waals surface area contributed by atoms with Crippen LogP contribution in [-0.4, -0.2) is 35.6 Å². The Kier molecular flexibility index (Phi) is 4.42. The molecule has 0 radical (unpaired) electrons. The first-order chi connectivity index (χ1) is 10.2. The molecule has 11 heteroatoms. The van der Waals surface area contributed by atoms with Gasteiger partial charge in [-0.1, -0.05) is 11.6 Å². The van der Waals surface area contributed by atoms with Crippen LogP contribution in [0.1, 0.15) is 10.5 Å². The van der Waals surface area contributed by atoms with Crippen LogP contribution in [0.25, 0.3) is 0 Å². The van der Waals surface area contributed by atoms with Gasteiger partial charge in [-0.15, -0.1) is 10.2 Å². The topological polar surface area (TPSA) is 94.0 Å².